The second-order valence-corrected chi connectivity index (χ2v) is 4.15. The van der Waals surface area contributed by atoms with E-state index in [1.54, 1.807) is 0 Å². The number of ether oxygens (including phenoxy) is 1. The lowest BCUT2D eigenvalue weighted by Gasteiger charge is -2.16. The first kappa shape index (κ1) is 10.6. The van der Waals surface area contributed by atoms with Crippen molar-refractivity contribution in [1.82, 2.24) is 4.98 Å². The van der Waals surface area contributed by atoms with E-state index in [1.807, 2.05) is 25.3 Å². The molecule has 0 amide bonds. The van der Waals surface area contributed by atoms with Crippen LogP contribution in [-0.4, -0.2) is 28.9 Å². The van der Waals surface area contributed by atoms with Crippen LogP contribution in [0.2, 0.25) is 0 Å². The minimum absolute atomic E-state index is 0.00750. The van der Waals surface area contributed by atoms with E-state index in [2.05, 4.69) is 4.98 Å². The van der Waals surface area contributed by atoms with Crippen molar-refractivity contribution in [2.45, 2.75) is 38.4 Å². The molecule has 0 radical (unpaired) electrons. The van der Waals surface area contributed by atoms with Gasteiger partial charge in [0.2, 0.25) is 0 Å². The van der Waals surface area contributed by atoms with E-state index in [0.717, 1.165) is 30.7 Å². The Bertz CT molecular complexity index is 304. The van der Waals surface area contributed by atoms with Crippen molar-refractivity contribution in [3.05, 3.63) is 29.6 Å². The number of pyridine rings is 1. The summed E-state index contributed by atoms with van der Waals surface area (Å²) in [4.78, 5) is 4.27. The normalized spacial score (nSPS) is 22.9. The van der Waals surface area contributed by atoms with Gasteiger partial charge in [0.25, 0.3) is 0 Å². The Morgan fingerprint density at radius 1 is 1.60 bits per heavy atom. The Balaban J connectivity index is 1.92. The van der Waals surface area contributed by atoms with Crippen molar-refractivity contribution in [2.24, 2.45) is 0 Å². The molecule has 1 aromatic rings. The molecule has 2 atom stereocenters. The molecular formula is C12H17NO2. The molecule has 1 aliphatic heterocycles. The summed E-state index contributed by atoms with van der Waals surface area (Å²) in [5, 5.41) is 9.91. The predicted octanol–water partition coefficient (Wildman–Crippen LogP) is 1.47. The van der Waals surface area contributed by atoms with Crippen molar-refractivity contribution in [3.63, 3.8) is 0 Å². The van der Waals surface area contributed by atoms with Crippen molar-refractivity contribution in [2.75, 3.05) is 6.61 Å². The SMILES string of the molecule is Cc1ccc(CC(O)C2CCCO2)nc1. The van der Waals surface area contributed by atoms with Crippen LogP contribution in [0.1, 0.15) is 24.1 Å². The van der Waals surface area contributed by atoms with Gasteiger partial charge in [-0.25, -0.2) is 0 Å². The molecule has 82 valence electrons. The highest BCUT2D eigenvalue weighted by Crippen LogP contribution is 2.17. The number of nitrogens with zero attached hydrogens (tertiary/aromatic N) is 1. The van der Waals surface area contributed by atoms with Crippen LogP contribution in [-0.2, 0) is 11.2 Å². The third-order valence-electron chi connectivity index (χ3n) is 2.78. The van der Waals surface area contributed by atoms with Crippen LogP contribution in [0, 0.1) is 6.92 Å². The van der Waals surface area contributed by atoms with E-state index in [-0.39, 0.29) is 6.10 Å². The number of aryl methyl sites for hydroxylation is 1. The average Bonchev–Trinajstić information content (AvgIpc) is 2.74. The Labute approximate surface area is 90.1 Å². The second kappa shape index (κ2) is 4.73. The third kappa shape index (κ3) is 2.76. The highest BCUT2D eigenvalue weighted by atomic mass is 16.5. The zero-order chi connectivity index (χ0) is 10.7. The molecule has 0 aliphatic carbocycles. The van der Waals surface area contributed by atoms with Gasteiger partial charge in [0, 0.05) is 24.9 Å². The van der Waals surface area contributed by atoms with Gasteiger partial charge in [-0.1, -0.05) is 6.07 Å². The largest absolute Gasteiger partial charge is 0.390 e. The fourth-order valence-corrected chi connectivity index (χ4v) is 1.87. The molecule has 1 N–H and O–H groups in total. The van der Waals surface area contributed by atoms with Crippen LogP contribution < -0.4 is 0 Å². The lowest BCUT2D eigenvalue weighted by Crippen LogP contribution is -2.27. The Morgan fingerprint density at radius 3 is 3.07 bits per heavy atom. The zero-order valence-electron chi connectivity index (χ0n) is 9.02. The van der Waals surface area contributed by atoms with Gasteiger partial charge in [0.15, 0.2) is 0 Å². The maximum Gasteiger partial charge on any atom is 0.0857 e. The van der Waals surface area contributed by atoms with Gasteiger partial charge in [0.05, 0.1) is 12.2 Å². The van der Waals surface area contributed by atoms with E-state index in [0.29, 0.717) is 6.42 Å². The molecule has 3 nitrogen and oxygen atoms in total. The molecule has 15 heavy (non-hydrogen) atoms. The van der Waals surface area contributed by atoms with Crippen LogP contribution >= 0.6 is 0 Å². The summed E-state index contributed by atoms with van der Waals surface area (Å²) < 4.78 is 5.43. The van der Waals surface area contributed by atoms with Crippen molar-refractivity contribution in [1.29, 1.82) is 0 Å². The van der Waals surface area contributed by atoms with Crippen LogP contribution in [0.15, 0.2) is 18.3 Å². The average molecular weight is 207 g/mol. The van der Waals surface area contributed by atoms with Gasteiger partial charge in [-0.3, -0.25) is 4.98 Å². The molecule has 1 aromatic heterocycles. The van der Waals surface area contributed by atoms with Crippen molar-refractivity contribution >= 4 is 0 Å². The number of aliphatic hydroxyl groups is 1. The summed E-state index contributed by atoms with van der Waals surface area (Å²) in [6.45, 7) is 2.79. The molecular weight excluding hydrogens is 190 g/mol. The molecule has 1 fully saturated rings. The first-order chi connectivity index (χ1) is 7.25. The standard InChI is InChI=1S/C12H17NO2/c1-9-4-5-10(13-8-9)7-11(14)12-3-2-6-15-12/h4-5,8,11-12,14H,2-3,6-7H2,1H3. The van der Waals surface area contributed by atoms with Crippen molar-refractivity contribution < 1.29 is 9.84 Å². The molecule has 0 saturated carbocycles. The number of hydrogen-bond donors (Lipinski definition) is 1. The smallest absolute Gasteiger partial charge is 0.0857 e. The van der Waals surface area contributed by atoms with Gasteiger partial charge < -0.3 is 9.84 Å². The van der Waals surface area contributed by atoms with E-state index < -0.39 is 6.10 Å². The van der Waals surface area contributed by atoms with Gasteiger partial charge in [0.1, 0.15) is 0 Å². The highest BCUT2D eigenvalue weighted by molar-refractivity contribution is 5.13. The Morgan fingerprint density at radius 2 is 2.47 bits per heavy atom. The van der Waals surface area contributed by atoms with Crippen molar-refractivity contribution in [3.8, 4) is 0 Å². The van der Waals surface area contributed by atoms with E-state index in [1.165, 1.54) is 0 Å². The van der Waals surface area contributed by atoms with E-state index >= 15 is 0 Å². The number of hydrogen-bond acceptors (Lipinski definition) is 3. The molecule has 2 unspecified atom stereocenters. The summed E-state index contributed by atoms with van der Waals surface area (Å²) >= 11 is 0. The zero-order valence-corrected chi connectivity index (χ0v) is 9.02. The monoisotopic (exact) mass is 207 g/mol. The molecule has 3 heteroatoms. The van der Waals surface area contributed by atoms with E-state index in [4.69, 9.17) is 4.74 Å². The van der Waals surface area contributed by atoms with Crippen LogP contribution in [0.25, 0.3) is 0 Å². The summed E-state index contributed by atoms with van der Waals surface area (Å²) in [7, 11) is 0. The fourth-order valence-electron chi connectivity index (χ4n) is 1.87. The van der Waals surface area contributed by atoms with Crippen LogP contribution in [0.4, 0.5) is 0 Å². The Hall–Kier alpha value is -0.930. The quantitative estimate of drug-likeness (QED) is 0.816. The van der Waals surface area contributed by atoms with Crippen LogP contribution in [0.3, 0.4) is 0 Å². The number of rotatable bonds is 3. The number of aliphatic hydroxyl groups excluding tert-OH is 1. The highest BCUT2D eigenvalue weighted by Gasteiger charge is 2.24. The number of aromatic nitrogens is 1. The summed E-state index contributed by atoms with van der Waals surface area (Å²) in [5.74, 6) is 0. The molecule has 2 heterocycles. The Kier molecular flexibility index (Phi) is 3.34. The maximum absolute atomic E-state index is 9.91. The minimum Gasteiger partial charge on any atom is -0.390 e. The second-order valence-electron chi connectivity index (χ2n) is 4.15. The lowest BCUT2D eigenvalue weighted by atomic mass is 10.1. The van der Waals surface area contributed by atoms with Gasteiger partial charge in [-0.2, -0.15) is 0 Å². The first-order valence-corrected chi connectivity index (χ1v) is 5.47. The summed E-state index contributed by atoms with van der Waals surface area (Å²) in [6, 6.07) is 3.98. The molecule has 1 saturated heterocycles. The minimum atomic E-state index is -0.414. The first-order valence-electron chi connectivity index (χ1n) is 5.47. The molecule has 1 aliphatic rings. The molecule has 0 bridgehead atoms. The summed E-state index contributed by atoms with van der Waals surface area (Å²) in [5.41, 5.74) is 2.08. The fraction of sp³-hybridized carbons (Fsp3) is 0.583. The third-order valence-corrected chi connectivity index (χ3v) is 2.78. The van der Waals surface area contributed by atoms with Gasteiger partial charge in [-0.15, -0.1) is 0 Å². The predicted molar refractivity (Wildman–Crippen MR) is 57.7 cm³/mol. The molecule has 2 rings (SSSR count). The molecule has 0 aromatic carbocycles. The lowest BCUT2D eigenvalue weighted by molar-refractivity contribution is -0.00121. The topological polar surface area (TPSA) is 42.4 Å². The van der Waals surface area contributed by atoms with Gasteiger partial charge in [-0.05, 0) is 31.4 Å². The van der Waals surface area contributed by atoms with Crippen LogP contribution in [0.5, 0.6) is 0 Å². The van der Waals surface area contributed by atoms with Gasteiger partial charge >= 0.3 is 0 Å². The summed E-state index contributed by atoms with van der Waals surface area (Å²) in [6.07, 6.45) is 4.04. The maximum atomic E-state index is 9.91. The van der Waals surface area contributed by atoms with E-state index in [9.17, 15) is 5.11 Å². The molecule has 0 spiro atoms.